The molecule has 3 rings (SSSR count). The molecule has 1 heterocycles. The van der Waals surface area contributed by atoms with Crippen LogP contribution in [0.3, 0.4) is 0 Å². The number of nitrogens with zero attached hydrogens (tertiary/aromatic N) is 2. The Morgan fingerprint density at radius 1 is 1.08 bits per heavy atom. The predicted octanol–water partition coefficient (Wildman–Crippen LogP) is 3.27. The van der Waals surface area contributed by atoms with Gasteiger partial charge in [-0.3, -0.25) is 19.7 Å². The average molecular weight is 372 g/mol. The number of non-ortho nitro benzene ring substituents is 1. The smallest absolute Gasteiger partial charge is 0.283 e. The van der Waals surface area contributed by atoms with Gasteiger partial charge in [0.25, 0.3) is 17.5 Å². The maximum absolute atomic E-state index is 12.7. The molecule has 1 aliphatic rings. The molecule has 0 saturated carbocycles. The minimum absolute atomic E-state index is 0.0282. The molecule has 0 aromatic heterocycles. The van der Waals surface area contributed by atoms with Gasteiger partial charge in [-0.15, -0.1) is 0 Å². The van der Waals surface area contributed by atoms with Crippen LogP contribution < -0.4 is 10.2 Å². The van der Waals surface area contributed by atoms with Crippen LogP contribution in [-0.2, 0) is 9.59 Å². The van der Waals surface area contributed by atoms with Gasteiger partial charge in [-0.1, -0.05) is 48.0 Å². The number of imide groups is 1. The van der Waals surface area contributed by atoms with Gasteiger partial charge >= 0.3 is 0 Å². The van der Waals surface area contributed by atoms with Crippen LogP contribution in [-0.4, -0.2) is 16.7 Å². The lowest BCUT2D eigenvalue weighted by Crippen LogP contribution is -2.34. The molecule has 1 atom stereocenters. The maximum atomic E-state index is 12.7. The number of rotatable bonds is 5. The molecule has 2 aromatic carbocycles. The number of nitro benzene ring substituents is 1. The molecular formula is C18H14ClN3O4. The molecule has 0 spiro atoms. The van der Waals surface area contributed by atoms with E-state index in [4.69, 9.17) is 11.6 Å². The summed E-state index contributed by atoms with van der Waals surface area (Å²) in [4.78, 5) is 36.3. The van der Waals surface area contributed by atoms with Gasteiger partial charge in [0.15, 0.2) is 0 Å². The number of anilines is 1. The summed E-state index contributed by atoms with van der Waals surface area (Å²) < 4.78 is 0. The van der Waals surface area contributed by atoms with E-state index in [1.165, 1.54) is 18.2 Å². The molecule has 1 aliphatic heterocycles. The molecule has 1 N–H and O–H groups in total. The Labute approximate surface area is 154 Å². The van der Waals surface area contributed by atoms with Crippen LogP contribution >= 0.6 is 11.6 Å². The Morgan fingerprint density at radius 2 is 1.77 bits per heavy atom. The van der Waals surface area contributed by atoms with E-state index in [2.05, 4.69) is 5.32 Å². The highest BCUT2D eigenvalue weighted by molar-refractivity contribution is 6.52. The SMILES string of the molecule is CC(NC1=C(Cl)C(=O)N(c2cccc([N+](=O)[O-])c2)C1=O)c1ccccc1. The Bertz CT molecular complexity index is 927. The normalized spacial score (nSPS) is 15.4. The zero-order chi connectivity index (χ0) is 18.8. The van der Waals surface area contributed by atoms with Gasteiger partial charge in [0.2, 0.25) is 0 Å². The lowest BCUT2D eigenvalue weighted by atomic mass is 10.1. The first-order chi connectivity index (χ1) is 12.4. The molecular weight excluding hydrogens is 358 g/mol. The molecule has 0 radical (unpaired) electrons. The van der Waals surface area contributed by atoms with E-state index in [-0.39, 0.29) is 28.1 Å². The first-order valence-electron chi connectivity index (χ1n) is 7.74. The molecule has 2 aromatic rings. The third-order valence-corrected chi connectivity index (χ3v) is 4.34. The van der Waals surface area contributed by atoms with Gasteiger partial charge in [0.05, 0.1) is 10.6 Å². The highest BCUT2D eigenvalue weighted by atomic mass is 35.5. The lowest BCUT2D eigenvalue weighted by Gasteiger charge is -2.18. The second-order valence-electron chi connectivity index (χ2n) is 5.69. The second kappa shape index (κ2) is 6.97. The van der Waals surface area contributed by atoms with Gasteiger partial charge in [-0.2, -0.15) is 0 Å². The van der Waals surface area contributed by atoms with Crippen LogP contribution in [0.2, 0.25) is 0 Å². The van der Waals surface area contributed by atoms with E-state index in [1.54, 1.807) is 0 Å². The number of hydrogen-bond acceptors (Lipinski definition) is 5. The fourth-order valence-electron chi connectivity index (χ4n) is 2.65. The number of carbonyl (C=O) groups excluding carboxylic acids is 2. The Hall–Kier alpha value is -3.19. The maximum Gasteiger partial charge on any atom is 0.283 e. The first kappa shape index (κ1) is 17.6. The fourth-order valence-corrected chi connectivity index (χ4v) is 2.87. The van der Waals surface area contributed by atoms with Crippen molar-refractivity contribution < 1.29 is 14.5 Å². The zero-order valence-corrected chi connectivity index (χ0v) is 14.4. The van der Waals surface area contributed by atoms with Gasteiger partial charge in [-0.25, -0.2) is 4.90 Å². The van der Waals surface area contributed by atoms with Crippen molar-refractivity contribution in [2.45, 2.75) is 13.0 Å². The summed E-state index contributed by atoms with van der Waals surface area (Å²) in [7, 11) is 0. The van der Waals surface area contributed by atoms with Crippen molar-refractivity contribution in [3.8, 4) is 0 Å². The van der Waals surface area contributed by atoms with Crippen LogP contribution in [0.5, 0.6) is 0 Å². The zero-order valence-electron chi connectivity index (χ0n) is 13.7. The second-order valence-corrected chi connectivity index (χ2v) is 6.07. The van der Waals surface area contributed by atoms with Gasteiger partial charge in [-0.05, 0) is 18.6 Å². The number of halogens is 1. The van der Waals surface area contributed by atoms with Crippen molar-refractivity contribution in [1.82, 2.24) is 5.32 Å². The van der Waals surface area contributed by atoms with Crippen molar-refractivity contribution >= 4 is 34.8 Å². The summed E-state index contributed by atoms with van der Waals surface area (Å²) >= 11 is 6.07. The number of hydrogen-bond donors (Lipinski definition) is 1. The third-order valence-electron chi connectivity index (χ3n) is 3.99. The summed E-state index contributed by atoms with van der Waals surface area (Å²) in [6.45, 7) is 1.83. The highest BCUT2D eigenvalue weighted by Gasteiger charge is 2.39. The molecule has 7 nitrogen and oxygen atoms in total. The number of carbonyl (C=O) groups is 2. The summed E-state index contributed by atoms with van der Waals surface area (Å²) in [5.74, 6) is -1.37. The van der Waals surface area contributed by atoms with Crippen LogP contribution in [0.15, 0.2) is 65.3 Å². The van der Waals surface area contributed by atoms with E-state index < -0.39 is 16.7 Å². The fraction of sp³-hybridized carbons (Fsp3) is 0.111. The number of nitro groups is 1. The van der Waals surface area contributed by atoms with Crippen LogP contribution in [0, 0.1) is 10.1 Å². The van der Waals surface area contributed by atoms with Crippen LogP contribution in [0.4, 0.5) is 11.4 Å². The van der Waals surface area contributed by atoms with Crippen molar-refractivity contribution in [1.29, 1.82) is 0 Å². The van der Waals surface area contributed by atoms with Gasteiger partial charge in [0.1, 0.15) is 10.7 Å². The topological polar surface area (TPSA) is 92.6 Å². The van der Waals surface area contributed by atoms with E-state index in [0.29, 0.717) is 0 Å². The monoisotopic (exact) mass is 371 g/mol. The molecule has 8 heteroatoms. The summed E-state index contributed by atoms with van der Waals surface area (Å²) in [5.41, 5.74) is 0.757. The van der Waals surface area contributed by atoms with Crippen LogP contribution in [0.1, 0.15) is 18.5 Å². The van der Waals surface area contributed by atoms with E-state index >= 15 is 0 Å². The Kier molecular flexibility index (Phi) is 4.73. The number of amides is 2. The van der Waals surface area contributed by atoms with Gasteiger partial charge < -0.3 is 5.32 Å². The first-order valence-corrected chi connectivity index (χ1v) is 8.12. The third kappa shape index (κ3) is 3.16. The molecule has 132 valence electrons. The van der Waals surface area contributed by atoms with Crippen molar-refractivity contribution in [3.05, 3.63) is 81.0 Å². The average Bonchev–Trinajstić information content (AvgIpc) is 2.86. The minimum atomic E-state index is -0.722. The Morgan fingerprint density at radius 3 is 2.42 bits per heavy atom. The molecule has 26 heavy (non-hydrogen) atoms. The number of benzene rings is 2. The number of nitrogens with one attached hydrogen (secondary N) is 1. The van der Waals surface area contributed by atoms with Crippen molar-refractivity contribution in [3.63, 3.8) is 0 Å². The molecule has 2 amide bonds. The van der Waals surface area contributed by atoms with E-state index in [0.717, 1.165) is 16.5 Å². The largest absolute Gasteiger partial charge is 0.373 e. The summed E-state index contributed by atoms with van der Waals surface area (Å²) in [6.07, 6.45) is 0. The van der Waals surface area contributed by atoms with Gasteiger partial charge in [0, 0.05) is 18.2 Å². The summed E-state index contributed by atoms with van der Waals surface area (Å²) in [6, 6.07) is 14.4. The quantitative estimate of drug-likeness (QED) is 0.494. The van der Waals surface area contributed by atoms with E-state index in [9.17, 15) is 19.7 Å². The Balaban J connectivity index is 1.88. The van der Waals surface area contributed by atoms with E-state index in [1.807, 2.05) is 37.3 Å². The van der Waals surface area contributed by atoms with Crippen LogP contribution in [0.25, 0.3) is 0 Å². The lowest BCUT2D eigenvalue weighted by molar-refractivity contribution is -0.384. The minimum Gasteiger partial charge on any atom is -0.373 e. The highest BCUT2D eigenvalue weighted by Crippen LogP contribution is 2.31. The standard InChI is InChI=1S/C18H14ClN3O4/c1-11(12-6-3-2-4-7-12)20-16-15(19)17(23)21(18(16)24)13-8-5-9-14(10-13)22(25)26/h2-11,20H,1H3. The molecule has 0 fully saturated rings. The predicted molar refractivity (Wildman–Crippen MR) is 96.5 cm³/mol. The molecule has 1 unspecified atom stereocenters. The van der Waals surface area contributed by atoms with Crippen molar-refractivity contribution in [2.75, 3.05) is 4.90 Å². The molecule has 0 aliphatic carbocycles. The molecule has 0 bridgehead atoms. The van der Waals surface area contributed by atoms with Crippen molar-refractivity contribution in [2.24, 2.45) is 0 Å². The molecule has 0 saturated heterocycles. The summed E-state index contributed by atoms with van der Waals surface area (Å²) in [5, 5.41) is 13.6.